The molecule has 0 radical (unpaired) electrons. The predicted molar refractivity (Wildman–Crippen MR) is 160 cm³/mol. The van der Waals surface area contributed by atoms with Crippen molar-refractivity contribution in [1.29, 1.82) is 0 Å². The molecule has 0 aliphatic heterocycles. The SMILES string of the molecule is CC.CC(C)(C=O)Oc1cc([C@@](Cc2ccccc2)(NC(=O)c2cccc(C(F)(F)F)c2)c2cc(F)cc(C(F)(F)F)c2)ccc1F. The minimum Gasteiger partial charge on any atom is -0.477 e. The van der Waals surface area contributed by atoms with E-state index >= 15 is 0 Å². The Bertz CT molecular complexity index is 1700. The molecule has 1 amide bonds. The lowest BCUT2D eigenvalue weighted by Crippen LogP contribution is -2.49. The van der Waals surface area contributed by atoms with Crippen LogP contribution in [0.4, 0.5) is 35.1 Å². The lowest BCUT2D eigenvalue weighted by molar-refractivity contribution is -0.138. The van der Waals surface area contributed by atoms with E-state index in [1.165, 1.54) is 13.8 Å². The normalized spacial score (nSPS) is 13.1. The van der Waals surface area contributed by atoms with Gasteiger partial charge >= 0.3 is 12.4 Å². The number of hydrogen-bond acceptors (Lipinski definition) is 3. The quantitative estimate of drug-likeness (QED) is 0.143. The summed E-state index contributed by atoms with van der Waals surface area (Å²) in [6.45, 7) is 6.64. The lowest BCUT2D eigenvalue weighted by atomic mass is 9.77. The molecule has 0 saturated heterocycles. The van der Waals surface area contributed by atoms with Crippen LogP contribution in [0.5, 0.6) is 5.75 Å². The number of ether oxygens (including phenoxy) is 1. The third-order valence-electron chi connectivity index (χ3n) is 6.89. The Morgan fingerprint density at radius 3 is 1.94 bits per heavy atom. The fourth-order valence-electron chi connectivity index (χ4n) is 4.72. The van der Waals surface area contributed by atoms with E-state index in [-0.39, 0.29) is 18.1 Å². The highest BCUT2D eigenvalue weighted by Gasteiger charge is 2.41. The minimum absolute atomic E-state index is 0.122. The monoisotopic (exact) mass is 665 g/mol. The van der Waals surface area contributed by atoms with Gasteiger partial charge in [0.25, 0.3) is 5.91 Å². The summed E-state index contributed by atoms with van der Waals surface area (Å²) in [6, 6.07) is 15.9. The van der Waals surface area contributed by atoms with Gasteiger partial charge in [-0.3, -0.25) is 9.59 Å². The molecule has 0 aromatic heterocycles. The van der Waals surface area contributed by atoms with Crippen molar-refractivity contribution in [2.45, 2.75) is 57.6 Å². The average molecular weight is 666 g/mol. The lowest BCUT2D eigenvalue weighted by Gasteiger charge is -2.37. The highest BCUT2D eigenvalue weighted by molar-refractivity contribution is 5.95. The molecule has 0 fully saturated rings. The first-order chi connectivity index (χ1) is 21.9. The Hall–Kier alpha value is -4.74. The number of halogens is 8. The number of carbonyl (C=O) groups is 2. The van der Waals surface area contributed by atoms with Crippen molar-refractivity contribution in [3.63, 3.8) is 0 Å². The van der Waals surface area contributed by atoms with Gasteiger partial charge in [0.1, 0.15) is 5.82 Å². The summed E-state index contributed by atoms with van der Waals surface area (Å²) in [4.78, 5) is 25.2. The molecule has 4 aromatic rings. The fraction of sp³-hybridized carbons (Fsp3) is 0.257. The van der Waals surface area contributed by atoms with Crippen LogP contribution in [0.25, 0.3) is 0 Å². The first-order valence-electron chi connectivity index (χ1n) is 14.3. The molecule has 4 nitrogen and oxygen atoms in total. The third kappa shape index (κ3) is 8.96. The van der Waals surface area contributed by atoms with Crippen LogP contribution >= 0.6 is 0 Å². The van der Waals surface area contributed by atoms with Crippen LogP contribution < -0.4 is 10.1 Å². The Kier molecular flexibility index (Phi) is 11.2. The van der Waals surface area contributed by atoms with Crippen molar-refractivity contribution in [2.24, 2.45) is 0 Å². The topological polar surface area (TPSA) is 55.4 Å². The number of carbonyl (C=O) groups excluding carboxylic acids is 2. The second-order valence-corrected chi connectivity index (χ2v) is 10.8. The van der Waals surface area contributed by atoms with E-state index in [1.807, 2.05) is 13.8 Å². The Balaban J connectivity index is 0.00000294. The van der Waals surface area contributed by atoms with Crippen molar-refractivity contribution in [2.75, 3.05) is 0 Å². The molecule has 0 saturated carbocycles. The standard InChI is InChI=1S/C33H25F8NO3.C2H6/c1-30(2,19-43)45-28-17-22(11-12-27(28)35)31(18-20-7-4-3-5-8-20,24-14-25(33(39,40)41)16-26(34)15-24)42-29(44)21-9-6-10-23(13-21)32(36,37)38;1-2/h3-17,19H,18H2,1-2H3,(H,42,44);1-2H3/t31-;/m1./s1. The van der Waals surface area contributed by atoms with E-state index in [4.69, 9.17) is 4.74 Å². The molecule has 0 heterocycles. The minimum atomic E-state index is -5.04. The maximum absolute atomic E-state index is 15.0. The number of amides is 1. The first kappa shape index (κ1) is 36.7. The molecule has 0 spiro atoms. The summed E-state index contributed by atoms with van der Waals surface area (Å²) in [7, 11) is 0. The molecular formula is C35H31F8NO3. The Morgan fingerprint density at radius 2 is 1.34 bits per heavy atom. The Morgan fingerprint density at radius 1 is 0.723 bits per heavy atom. The Labute approximate surface area is 266 Å². The van der Waals surface area contributed by atoms with Crippen LogP contribution in [0, 0.1) is 11.6 Å². The van der Waals surface area contributed by atoms with E-state index < -0.39 is 69.0 Å². The van der Waals surface area contributed by atoms with Gasteiger partial charge in [0, 0.05) is 12.0 Å². The first-order valence-corrected chi connectivity index (χ1v) is 14.3. The van der Waals surface area contributed by atoms with Gasteiger partial charge in [0.15, 0.2) is 23.5 Å². The van der Waals surface area contributed by atoms with Gasteiger partial charge in [-0.1, -0.05) is 56.3 Å². The zero-order valence-electron chi connectivity index (χ0n) is 25.7. The maximum Gasteiger partial charge on any atom is 0.416 e. The van der Waals surface area contributed by atoms with E-state index in [1.54, 1.807) is 30.3 Å². The second kappa shape index (κ2) is 14.4. The third-order valence-corrected chi connectivity index (χ3v) is 6.89. The van der Waals surface area contributed by atoms with Gasteiger partial charge in [-0.2, -0.15) is 26.3 Å². The van der Waals surface area contributed by atoms with E-state index in [0.29, 0.717) is 24.0 Å². The van der Waals surface area contributed by atoms with Gasteiger partial charge in [-0.25, -0.2) is 8.78 Å². The van der Waals surface area contributed by atoms with Gasteiger partial charge in [0.2, 0.25) is 0 Å². The van der Waals surface area contributed by atoms with Crippen LogP contribution in [-0.2, 0) is 29.1 Å². The van der Waals surface area contributed by atoms with Crippen molar-refractivity contribution < 1.29 is 49.4 Å². The molecule has 250 valence electrons. The number of aldehydes is 1. The predicted octanol–water partition coefficient (Wildman–Crippen LogP) is 9.30. The molecule has 0 aliphatic carbocycles. The summed E-state index contributed by atoms with van der Waals surface area (Å²) < 4.78 is 118. The van der Waals surface area contributed by atoms with Crippen LogP contribution in [0.1, 0.15) is 65.9 Å². The van der Waals surface area contributed by atoms with Gasteiger partial charge < -0.3 is 10.1 Å². The summed E-state index contributed by atoms with van der Waals surface area (Å²) in [6.07, 6.45) is -9.85. The van der Waals surface area contributed by atoms with Crippen molar-refractivity contribution in [3.8, 4) is 5.75 Å². The zero-order chi connectivity index (χ0) is 35.2. The van der Waals surface area contributed by atoms with E-state index in [0.717, 1.165) is 42.5 Å². The molecule has 4 aromatic carbocycles. The van der Waals surface area contributed by atoms with Gasteiger partial charge in [-0.15, -0.1) is 0 Å². The van der Waals surface area contributed by atoms with E-state index in [2.05, 4.69) is 5.32 Å². The number of nitrogens with one attached hydrogen (secondary N) is 1. The van der Waals surface area contributed by atoms with Crippen LogP contribution in [0.2, 0.25) is 0 Å². The molecule has 1 N–H and O–H groups in total. The van der Waals surface area contributed by atoms with Crippen LogP contribution in [0.15, 0.2) is 91.0 Å². The highest BCUT2D eigenvalue weighted by atomic mass is 19.4. The van der Waals surface area contributed by atoms with Crippen molar-refractivity contribution in [3.05, 3.63) is 136 Å². The molecule has 4 rings (SSSR count). The van der Waals surface area contributed by atoms with Gasteiger partial charge in [0.05, 0.1) is 16.7 Å². The highest BCUT2D eigenvalue weighted by Crippen LogP contribution is 2.40. The largest absolute Gasteiger partial charge is 0.477 e. The number of rotatable bonds is 9. The summed E-state index contributed by atoms with van der Waals surface area (Å²) >= 11 is 0. The van der Waals surface area contributed by atoms with Crippen LogP contribution in [-0.4, -0.2) is 17.8 Å². The molecule has 0 aliphatic rings. The molecule has 12 heteroatoms. The molecule has 1 atom stereocenters. The molecule has 0 unspecified atom stereocenters. The molecular weight excluding hydrogens is 634 g/mol. The fourth-order valence-corrected chi connectivity index (χ4v) is 4.72. The van der Waals surface area contributed by atoms with Crippen LogP contribution in [0.3, 0.4) is 0 Å². The van der Waals surface area contributed by atoms with Gasteiger partial charge in [-0.05, 0) is 79.1 Å². The maximum atomic E-state index is 15.0. The number of hydrogen-bond donors (Lipinski definition) is 1. The zero-order valence-corrected chi connectivity index (χ0v) is 25.7. The van der Waals surface area contributed by atoms with Crippen molar-refractivity contribution in [1.82, 2.24) is 5.32 Å². The number of benzene rings is 4. The smallest absolute Gasteiger partial charge is 0.416 e. The van der Waals surface area contributed by atoms with Crippen molar-refractivity contribution >= 4 is 12.2 Å². The average Bonchev–Trinajstić information content (AvgIpc) is 3.02. The van der Waals surface area contributed by atoms with E-state index in [9.17, 15) is 44.7 Å². The summed E-state index contributed by atoms with van der Waals surface area (Å²) in [5.41, 5.74) is -6.98. The summed E-state index contributed by atoms with van der Waals surface area (Å²) in [5.74, 6) is -3.98. The molecule has 0 bridgehead atoms. The molecule has 47 heavy (non-hydrogen) atoms. The second-order valence-electron chi connectivity index (χ2n) is 10.8. The number of alkyl halides is 6. The summed E-state index contributed by atoms with van der Waals surface area (Å²) in [5, 5.41) is 2.55.